The molecule has 0 spiro atoms. The third-order valence-electron chi connectivity index (χ3n) is 7.30. The van der Waals surface area contributed by atoms with Gasteiger partial charge in [-0.15, -0.1) is 0 Å². The van der Waals surface area contributed by atoms with Crippen molar-refractivity contribution in [2.45, 2.75) is 129 Å². The monoisotopic (exact) mass is 422 g/mol. The molecule has 2 aliphatic carbocycles. The van der Waals surface area contributed by atoms with Gasteiger partial charge in [0.15, 0.2) is 0 Å². The minimum Gasteiger partial charge on any atom is -0.465 e. The summed E-state index contributed by atoms with van der Waals surface area (Å²) in [6, 6.07) is 0. The van der Waals surface area contributed by atoms with E-state index in [0.29, 0.717) is 26.1 Å². The number of hydrogen-bond donors (Lipinski definition) is 0. The van der Waals surface area contributed by atoms with E-state index in [1.165, 1.54) is 64.2 Å². The Bertz CT molecular complexity index is 455. The fourth-order valence-corrected chi connectivity index (χ4v) is 5.00. The molecule has 0 saturated heterocycles. The maximum Gasteiger partial charge on any atom is 0.305 e. The van der Waals surface area contributed by atoms with Crippen LogP contribution in [0.3, 0.4) is 0 Å². The maximum absolute atomic E-state index is 12.0. The summed E-state index contributed by atoms with van der Waals surface area (Å²) in [6.07, 6.45) is 19.8. The minimum atomic E-state index is -0.0313. The van der Waals surface area contributed by atoms with Crippen LogP contribution >= 0.6 is 0 Å². The molecule has 30 heavy (non-hydrogen) atoms. The van der Waals surface area contributed by atoms with Gasteiger partial charge in [0, 0.05) is 23.7 Å². The predicted molar refractivity (Wildman–Crippen MR) is 121 cm³/mol. The Morgan fingerprint density at radius 2 is 0.900 bits per heavy atom. The molecule has 2 saturated carbocycles. The van der Waals surface area contributed by atoms with Crippen LogP contribution in [0, 0.1) is 10.8 Å². The lowest BCUT2D eigenvalue weighted by molar-refractivity contribution is -0.148. The van der Waals surface area contributed by atoms with E-state index in [-0.39, 0.29) is 22.8 Å². The van der Waals surface area contributed by atoms with Crippen molar-refractivity contribution >= 4 is 11.9 Å². The molecule has 2 rings (SSSR count). The van der Waals surface area contributed by atoms with Crippen LogP contribution in [-0.2, 0) is 19.1 Å². The van der Waals surface area contributed by atoms with E-state index in [4.69, 9.17) is 9.47 Å². The highest BCUT2D eigenvalue weighted by Gasteiger charge is 2.29. The SMILES string of the molecule is CC1(COC(=O)CCCCCCCCC(=O)OCC2(C)CCCCC2)CCCCC1. The van der Waals surface area contributed by atoms with Crippen molar-refractivity contribution < 1.29 is 19.1 Å². The van der Waals surface area contributed by atoms with Gasteiger partial charge in [-0.2, -0.15) is 0 Å². The minimum absolute atomic E-state index is 0.0313. The molecule has 0 unspecified atom stereocenters. The van der Waals surface area contributed by atoms with Gasteiger partial charge in [-0.05, 0) is 38.5 Å². The van der Waals surface area contributed by atoms with Gasteiger partial charge in [0.2, 0.25) is 0 Å². The zero-order valence-corrected chi connectivity index (χ0v) is 19.8. The highest BCUT2D eigenvalue weighted by atomic mass is 16.5. The normalized spacial score (nSPS) is 20.5. The molecule has 0 N–H and O–H groups in total. The molecule has 4 nitrogen and oxygen atoms in total. The van der Waals surface area contributed by atoms with Gasteiger partial charge in [-0.1, -0.05) is 78.1 Å². The first-order chi connectivity index (χ1) is 14.4. The van der Waals surface area contributed by atoms with Gasteiger partial charge in [0.25, 0.3) is 0 Å². The standard InChI is InChI=1S/C26H46O4/c1-25(17-11-7-12-18-25)21-29-23(27)15-9-5-3-4-6-10-16-24(28)30-22-26(2)19-13-8-14-20-26/h3-22H2,1-2H3. The van der Waals surface area contributed by atoms with Gasteiger partial charge < -0.3 is 9.47 Å². The topological polar surface area (TPSA) is 52.6 Å². The lowest BCUT2D eigenvalue weighted by atomic mass is 9.76. The van der Waals surface area contributed by atoms with Crippen molar-refractivity contribution in [3.05, 3.63) is 0 Å². The molecule has 0 aliphatic heterocycles. The van der Waals surface area contributed by atoms with Crippen molar-refractivity contribution in [2.75, 3.05) is 13.2 Å². The molecular formula is C26H46O4. The summed E-state index contributed by atoms with van der Waals surface area (Å²) in [4.78, 5) is 23.9. The summed E-state index contributed by atoms with van der Waals surface area (Å²) < 4.78 is 11.1. The number of carbonyl (C=O) groups excluding carboxylic acids is 2. The van der Waals surface area contributed by atoms with Crippen LogP contribution in [0.25, 0.3) is 0 Å². The molecular weight excluding hydrogens is 376 g/mol. The number of esters is 2. The fraction of sp³-hybridized carbons (Fsp3) is 0.923. The average Bonchev–Trinajstić information content (AvgIpc) is 2.74. The average molecular weight is 423 g/mol. The molecule has 4 heteroatoms. The summed E-state index contributed by atoms with van der Waals surface area (Å²) in [5.74, 6) is -0.0626. The molecule has 0 amide bonds. The number of unbranched alkanes of at least 4 members (excludes halogenated alkanes) is 5. The molecule has 0 aromatic rings. The second-order valence-corrected chi connectivity index (χ2v) is 10.7. The van der Waals surface area contributed by atoms with Crippen LogP contribution in [-0.4, -0.2) is 25.2 Å². The van der Waals surface area contributed by atoms with Crippen molar-refractivity contribution in [3.63, 3.8) is 0 Å². The maximum atomic E-state index is 12.0. The predicted octanol–water partition coefficient (Wildman–Crippen LogP) is 7.13. The summed E-state index contributed by atoms with van der Waals surface area (Å²) in [6.45, 7) is 5.71. The highest BCUT2D eigenvalue weighted by molar-refractivity contribution is 5.69. The van der Waals surface area contributed by atoms with E-state index < -0.39 is 0 Å². The van der Waals surface area contributed by atoms with E-state index in [2.05, 4.69) is 13.8 Å². The van der Waals surface area contributed by atoms with Crippen molar-refractivity contribution in [1.82, 2.24) is 0 Å². The molecule has 174 valence electrons. The van der Waals surface area contributed by atoms with Gasteiger partial charge in [0.05, 0.1) is 13.2 Å². The molecule has 2 fully saturated rings. The fourth-order valence-electron chi connectivity index (χ4n) is 5.00. The Morgan fingerprint density at radius 1 is 0.567 bits per heavy atom. The molecule has 0 radical (unpaired) electrons. The van der Waals surface area contributed by atoms with Crippen molar-refractivity contribution in [1.29, 1.82) is 0 Å². The Labute approximate surface area is 184 Å². The largest absolute Gasteiger partial charge is 0.465 e. The van der Waals surface area contributed by atoms with Crippen LogP contribution in [0.4, 0.5) is 0 Å². The second-order valence-electron chi connectivity index (χ2n) is 10.7. The van der Waals surface area contributed by atoms with Gasteiger partial charge in [0.1, 0.15) is 0 Å². The third kappa shape index (κ3) is 10.3. The van der Waals surface area contributed by atoms with E-state index in [1.807, 2.05) is 0 Å². The van der Waals surface area contributed by atoms with Gasteiger partial charge in [-0.25, -0.2) is 0 Å². The third-order valence-corrected chi connectivity index (χ3v) is 7.30. The zero-order chi connectivity index (χ0) is 21.7. The van der Waals surface area contributed by atoms with E-state index >= 15 is 0 Å². The van der Waals surface area contributed by atoms with Crippen molar-refractivity contribution in [3.8, 4) is 0 Å². The Hall–Kier alpha value is -1.06. The van der Waals surface area contributed by atoms with E-state index in [0.717, 1.165) is 38.5 Å². The number of hydrogen-bond acceptors (Lipinski definition) is 4. The summed E-state index contributed by atoms with van der Waals surface area (Å²) in [5, 5.41) is 0. The highest BCUT2D eigenvalue weighted by Crippen LogP contribution is 2.36. The molecule has 0 bridgehead atoms. The molecule has 0 atom stereocenters. The van der Waals surface area contributed by atoms with Crippen LogP contribution in [0.15, 0.2) is 0 Å². The second kappa shape index (κ2) is 13.4. The molecule has 0 heterocycles. The number of ether oxygens (including phenoxy) is 2. The first kappa shape index (κ1) is 25.2. The molecule has 0 aromatic heterocycles. The molecule has 0 aromatic carbocycles. The quantitative estimate of drug-likeness (QED) is 0.234. The van der Waals surface area contributed by atoms with Crippen LogP contribution in [0.2, 0.25) is 0 Å². The van der Waals surface area contributed by atoms with Gasteiger partial charge >= 0.3 is 11.9 Å². The smallest absolute Gasteiger partial charge is 0.305 e. The van der Waals surface area contributed by atoms with Gasteiger partial charge in [-0.3, -0.25) is 9.59 Å². The van der Waals surface area contributed by atoms with E-state index in [1.54, 1.807) is 0 Å². The first-order valence-corrected chi connectivity index (χ1v) is 12.7. The number of carbonyl (C=O) groups is 2. The number of rotatable bonds is 13. The van der Waals surface area contributed by atoms with E-state index in [9.17, 15) is 9.59 Å². The zero-order valence-electron chi connectivity index (χ0n) is 19.8. The van der Waals surface area contributed by atoms with Crippen LogP contribution < -0.4 is 0 Å². The molecule has 2 aliphatic rings. The Morgan fingerprint density at radius 3 is 1.27 bits per heavy atom. The Kier molecular flexibility index (Phi) is 11.2. The first-order valence-electron chi connectivity index (χ1n) is 12.7. The summed E-state index contributed by atoms with van der Waals surface area (Å²) in [7, 11) is 0. The van der Waals surface area contributed by atoms with Crippen LogP contribution in [0.1, 0.15) is 129 Å². The lowest BCUT2D eigenvalue weighted by Crippen LogP contribution is -2.27. The van der Waals surface area contributed by atoms with Crippen LogP contribution in [0.5, 0.6) is 0 Å². The summed E-state index contributed by atoms with van der Waals surface area (Å²) in [5.41, 5.74) is 0.423. The van der Waals surface area contributed by atoms with Crippen molar-refractivity contribution in [2.24, 2.45) is 10.8 Å². The Balaban J connectivity index is 1.39. The summed E-state index contributed by atoms with van der Waals surface area (Å²) >= 11 is 0. The lowest BCUT2D eigenvalue weighted by Gasteiger charge is -2.32.